The van der Waals surface area contributed by atoms with Gasteiger partial charge in [0.15, 0.2) is 6.17 Å². The number of hydroxylamine groups is 2. The number of azo groups is 1. The molecule has 0 saturated carbocycles. The van der Waals surface area contributed by atoms with Gasteiger partial charge < -0.3 is 5.11 Å². The van der Waals surface area contributed by atoms with Gasteiger partial charge in [-0.05, 0) is 19.1 Å². The Balaban J connectivity index is 2.26. The molecule has 78 valence electrons. The molecular formula is C10H11N3O2. The SMILES string of the molecule is CC1=CN(O)[C@@H](c2ccc(O)cc2)N=N1. The lowest BCUT2D eigenvalue weighted by Gasteiger charge is -2.23. The maximum Gasteiger partial charge on any atom is 0.191 e. The zero-order chi connectivity index (χ0) is 10.8. The van der Waals surface area contributed by atoms with E-state index < -0.39 is 6.17 Å². The normalized spacial score (nSPS) is 20.3. The molecule has 1 heterocycles. The van der Waals surface area contributed by atoms with Gasteiger partial charge in [-0.25, -0.2) is 5.06 Å². The Labute approximate surface area is 86.9 Å². The highest BCUT2D eigenvalue weighted by molar-refractivity contribution is 5.28. The Morgan fingerprint density at radius 3 is 2.53 bits per heavy atom. The van der Waals surface area contributed by atoms with Crippen LogP contribution in [-0.2, 0) is 0 Å². The Bertz CT molecular complexity index is 411. The average molecular weight is 205 g/mol. The van der Waals surface area contributed by atoms with Crippen LogP contribution in [0, 0.1) is 0 Å². The number of hydrogen-bond donors (Lipinski definition) is 2. The van der Waals surface area contributed by atoms with Crippen molar-refractivity contribution < 1.29 is 10.3 Å². The van der Waals surface area contributed by atoms with Gasteiger partial charge in [-0.2, -0.15) is 10.2 Å². The molecule has 0 spiro atoms. The van der Waals surface area contributed by atoms with E-state index in [1.807, 2.05) is 0 Å². The van der Waals surface area contributed by atoms with Gasteiger partial charge in [-0.1, -0.05) is 12.1 Å². The van der Waals surface area contributed by atoms with Crippen LogP contribution in [-0.4, -0.2) is 15.4 Å². The first-order valence-corrected chi connectivity index (χ1v) is 4.52. The van der Waals surface area contributed by atoms with Gasteiger partial charge in [-0.15, -0.1) is 0 Å². The Hall–Kier alpha value is -1.88. The molecule has 15 heavy (non-hydrogen) atoms. The van der Waals surface area contributed by atoms with Crippen LogP contribution in [0.3, 0.4) is 0 Å². The Morgan fingerprint density at radius 1 is 1.27 bits per heavy atom. The molecular weight excluding hydrogens is 194 g/mol. The second kappa shape index (κ2) is 3.70. The quantitative estimate of drug-likeness (QED) is 0.739. The number of hydrogen-bond acceptors (Lipinski definition) is 5. The second-order valence-corrected chi connectivity index (χ2v) is 3.33. The van der Waals surface area contributed by atoms with Gasteiger partial charge in [0.25, 0.3) is 0 Å². The van der Waals surface area contributed by atoms with E-state index in [0.29, 0.717) is 5.70 Å². The zero-order valence-electron chi connectivity index (χ0n) is 8.20. The first-order chi connectivity index (χ1) is 7.16. The van der Waals surface area contributed by atoms with E-state index in [9.17, 15) is 5.21 Å². The summed E-state index contributed by atoms with van der Waals surface area (Å²) in [7, 11) is 0. The molecule has 5 heteroatoms. The molecule has 2 N–H and O–H groups in total. The number of phenolic OH excluding ortho intramolecular Hbond substituents is 1. The van der Waals surface area contributed by atoms with E-state index in [1.165, 1.54) is 6.20 Å². The fourth-order valence-electron chi connectivity index (χ4n) is 1.35. The van der Waals surface area contributed by atoms with E-state index in [2.05, 4.69) is 10.2 Å². The summed E-state index contributed by atoms with van der Waals surface area (Å²) in [6, 6.07) is 6.47. The Morgan fingerprint density at radius 2 is 1.93 bits per heavy atom. The summed E-state index contributed by atoms with van der Waals surface area (Å²) in [5.41, 5.74) is 1.41. The van der Waals surface area contributed by atoms with Crippen molar-refractivity contribution in [2.75, 3.05) is 0 Å². The summed E-state index contributed by atoms with van der Waals surface area (Å²) in [5, 5.41) is 27.5. The fourth-order valence-corrected chi connectivity index (χ4v) is 1.35. The van der Waals surface area contributed by atoms with Crippen molar-refractivity contribution in [1.29, 1.82) is 0 Å². The molecule has 0 radical (unpaired) electrons. The van der Waals surface area contributed by atoms with E-state index in [-0.39, 0.29) is 5.75 Å². The first kappa shape index (κ1) is 9.67. The minimum Gasteiger partial charge on any atom is -0.508 e. The highest BCUT2D eigenvalue weighted by Gasteiger charge is 2.18. The van der Waals surface area contributed by atoms with Crippen LogP contribution in [0.15, 0.2) is 46.4 Å². The van der Waals surface area contributed by atoms with E-state index in [0.717, 1.165) is 10.6 Å². The summed E-state index contributed by atoms with van der Waals surface area (Å²) >= 11 is 0. The van der Waals surface area contributed by atoms with Crippen LogP contribution in [0.1, 0.15) is 18.7 Å². The topological polar surface area (TPSA) is 68.4 Å². The molecule has 1 aliphatic heterocycles. The predicted molar refractivity (Wildman–Crippen MR) is 53.1 cm³/mol. The third kappa shape index (κ3) is 1.97. The fraction of sp³-hybridized carbons (Fsp3) is 0.200. The minimum atomic E-state index is -0.533. The van der Waals surface area contributed by atoms with Crippen molar-refractivity contribution in [1.82, 2.24) is 5.06 Å². The van der Waals surface area contributed by atoms with E-state index in [4.69, 9.17) is 5.11 Å². The number of nitrogens with zero attached hydrogens (tertiary/aromatic N) is 3. The molecule has 1 aromatic carbocycles. The van der Waals surface area contributed by atoms with Crippen LogP contribution in [0.4, 0.5) is 0 Å². The molecule has 1 aromatic rings. The largest absolute Gasteiger partial charge is 0.508 e. The van der Waals surface area contributed by atoms with Gasteiger partial charge >= 0.3 is 0 Å². The molecule has 0 aliphatic carbocycles. The monoisotopic (exact) mass is 205 g/mol. The van der Waals surface area contributed by atoms with E-state index in [1.54, 1.807) is 31.2 Å². The van der Waals surface area contributed by atoms with Crippen molar-refractivity contribution >= 4 is 0 Å². The van der Waals surface area contributed by atoms with Gasteiger partial charge in [0.2, 0.25) is 0 Å². The molecule has 0 bridgehead atoms. The third-order valence-corrected chi connectivity index (χ3v) is 2.09. The summed E-state index contributed by atoms with van der Waals surface area (Å²) in [5.74, 6) is 0.183. The number of allylic oxidation sites excluding steroid dienone is 1. The molecule has 0 unspecified atom stereocenters. The molecule has 1 aliphatic rings. The summed E-state index contributed by atoms with van der Waals surface area (Å²) < 4.78 is 0. The van der Waals surface area contributed by atoms with Gasteiger partial charge in [0.05, 0.1) is 11.9 Å². The summed E-state index contributed by atoms with van der Waals surface area (Å²) in [4.78, 5) is 0. The lowest BCUT2D eigenvalue weighted by Crippen LogP contribution is -2.20. The highest BCUT2D eigenvalue weighted by atomic mass is 16.5. The van der Waals surface area contributed by atoms with Crippen LogP contribution in [0.2, 0.25) is 0 Å². The van der Waals surface area contributed by atoms with Crippen molar-refractivity contribution in [3.05, 3.63) is 41.7 Å². The number of rotatable bonds is 1. The summed E-state index contributed by atoms with van der Waals surface area (Å²) in [6.45, 7) is 1.75. The highest BCUT2D eigenvalue weighted by Crippen LogP contribution is 2.27. The molecule has 5 nitrogen and oxygen atoms in total. The van der Waals surface area contributed by atoms with Gasteiger partial charge in [0, 0.05) is 5.56 Å². The number of aromatic hydroxyl groups is 1. The third-order valence-electron chi connectivity index (χ3n) is 2.09. The molecule has 0 saturated heterocycles. The van der Waals surface area contributed by atoms with Crippen LogP contribution in [0.5, 0.6) is 5.75 Å². The second-order valence-electron chi connectivity index (χ2n) is 3.33. The standard InChI is InChI=1S/C10H11N3O2/c1-7-6-13(15)10(12-11-7)8-2-4-9(14)5-3-8/h2-6,10,14-15H,1H3/t10-/m0/s1. The van der Waals surface area contributed by atoms with Crippen LogP contribution >= 0.6 is 0 Å². The number of benzene rings is 1. The predicted octanol–water partition coefficient (Wildman–Crippen LogP) is 2.41. The first-order valence-electron chi connectivity index (χ1n) is 4.52. The molecule has 1 atom stereocenters. The Kier molecular flexibility index (Phi) is 2.39. The van der Waals surface area contributed by atoms with E-state index >= 15 is 0 Å². The van der Waals surface area contributed by atoms with Gasteiger partial charge in [-0.3, -0.25) is 5.21 Å². The maximum absolute atomic E-state index is 9.60. The average Bonchev–Trinajstić information content (AvgIpc) is 2.20. The van der Waals surface area contributed by atoms with Crippen LogP contribution in [0.25, 0.3) is 0 Å². The van der Waals surface area contributed by atoms with Crippen molar-refractivity contribution in [3.8, 4) is 5.75 Å². The van der Waals surface area contributed by atoms with Crippen molar-refractivity contribution in [3.63, 3.8) is 0 Å². The van der Waals surface area contributed by atoms with Crippen LogP contribution < -0.4 is 0 Å². The molecule has 0 fully saturated rings. The molecule has 0 aromatic heterocycles. The zero-order valence-corrected chi connectivity index (χ0v) is 8.20. The summed E-state index contributed by atoms with van der Waals surface area (Å²) in [6.07, 6.45) is 0.971. The minimum absolute atomic E-state index is 0.183. The molecule has 0 amide bonds. The van der Waals surface area contributed by atoms with Gasteiger partial charge in [0.1, 0.15) is 5.75 Å². The number of phenols is 1. The smallest absolute Gasteiger partial charge is 0.191 e. The maximum atomic E-state index is 9.60. The van der Waals surface area contributed by atoms with Crippen molar-refractivity contribution in [2.24, 2.45) is 10.2 Å². The lowest BCUT2D eigenvalue weighted by atomic mass is 10.1. The molecule has 2 rings (SSSR count). The lowest BCUT2D eigenvalue weighted by molar-refractivity contribution is -0.0845. The van der Waals surface area contributed by atoms with Crippen molar-refractivity contribution in [2.45, 2.75) is 13.1 Å².